The first-order valence-electron chi connectivity index (χ1n) is 8.30. The molecule has 140 valence electrons. The molecular formula is C16H35O6P. The Morgan fingerprint density at radius 1 is 0.826 bits per heavy atom. The molecule has 0 aliphatic rings. The topological polar surface area (TPSA) is 63.2 Å². The quantitative estimate of drug-likeness (QED) is 0.332. The van der Waals surface area contributed by atoms with Gasteiger partial charge in [-0.05, 0) is 0 Å². The number of hydrogen-bond donors (Lipinski definition) is 0. The predicted octanol–water partition coefficient (Wildman–Crippen LogP) is 2.38. The third-order valence-corrected chi connectivity index (χ3v) is 10.1. The van der Waals surface area contributed by atoms with E-state index in [0.29, 0.717) is 39.6 Å². The molecule has 0 aliphatic heterocycles. The SMILES string of the molecule is CCP(C)(CC)(CCOCCOC)OC(=O)CCOCCOC. The van der Waals surface area contributed by atoms with Crippen molar-refractivity contribution in [2.24, 2.45) is 0 Å². The van der Waals surface area contributed by atoms with Crippen molar-refractivity contribution in [2.75, 3.05) is 79.0 Å². The van der Waals surface area contributed by atoms with Crippen LogP contribution in [0.5, 0.6) is 0 Å². The second-order valence-corrected chi connectivity index (χ2v) is 12.2. The fraction of sp³-hybridized carbons (Fsp3) is 0.938. The Labute approximate surface area is 141 Å². The normalized spacial score (nSPS) is 13.5. The molecule has 0 bridgehead atoms. The van der Waals surface area contributed by atoms with Crippen molar-refractivity contribution in [1.29, 1.82) is 0 Å². The fourth-order valence-electron chi connectivity index (χ4n) is 2.04. The molecule has 0 fully saturated rings. The number of hydrogen-bond acceptors (Lipinski definition) is 6. The van der Waals surface area contributed by atoms with E-state index >= 15 is 0 Å². The standard InChI is InChI=1S/C16H35O6P/c1-6-23(5,7-2,15-14-21-13-11-19-4)22-16(17)8-9-20-12-10-18-3/h6-15H2,1-5H3. The summed E-state index contributed by atoms with van der Waals surface area (Å²) in [4.78, 5) is 12.2. The fourth-order valence-corrected chi connectivity index (χ4v) is 4.84. The first kappa shape index (κ1) is 22.7. The molecule has 0 heterocycles. The van der Waals surface area contributed by atoms with Crippen molar-refractivity contribution in [2.45, 2.75) is 20.3 Å². The molecule has 0 saturated carbocycles. The van der Waals surface area contributed by atoms with Crippen LogP contribution in [0.25, 0.3) is 0 Å². The van der Waals surface area contributed by atoms with Gasteiger partial charge in [-0.15, -0.1) is 0 Å². The van der Waals surface area contributed by atoms with Crippen LogP contribution in [0.1, 0.15) is 20.3 Å². The number of methoxy groups -OCH3 is 2. The van der Waals surface area contributed by atoms with Crippen LogP contribution in [0, 0.1) is 0 Å². The molecule has 0 radical (unpaired) electrons. The maximum atomic E-state index is 12.2. The van der Waals surface area contributed by atoms with E-state index < -0.39 is 6.83 Å². The average molecular weight is 354 g/mol. The Hall–Kier alpha value is -0.260. The molecular weight excluding hydrogens is 319 g/mol. The Bertz CT molecular complexity index is 320. The zero-order valence-corrected chi connectivity index (χ0v) is 16.4. The van der Waals surface area contributed by atoms with Gasteiger partial charge in [-0.25, -0.2) is 0 Å². The molecule has 0 aromatic carbocycles. The predicted molar refractivity (Wildman–Crippen MR) is 94.9 cm³/mol. The summed E-state index contributed by atoms with van der Waals surface area (Å²) in [6, 6.07) is 0. The number of carbonyl (C=O) groups is 1. The zero-order chi connectivity index (χ0) is 17.6. The van der Waals surface area contributed by atoms with E-state index in [4.69, 9.17) is 23.5 Å². The monoisotopic (exact) mass is 354 g/mol. The molecule has 0 aromatic heterocycles. The van der Waals surface area contributed by atoms with Crippen LogP contribution in [0.2, 0.25) is 0 Å². The van der Waals surface area contributed by atoms with Gasteiger partial charge in [0.1, 0.15) is 0 Å². The summed E-state index contributed by atoms with van der Waals surface area (Å²) in [5, 5.41) is 0. The van der Waals surface area contributed by atoms with Gasteiger partial charge in [-0.1, -0.05) is 0 Å². The summed E-state index contributed by atoms with van der Waals surface area (Å²) >= 11 is 0. The van der Waals surface area contributed by atoms with E-state index in [1.165, 1.54) is 0 Å². The molecule has 0 atom stereocenters. The van der Waals surface area contributed by atoms with Gasteiger partial charge in [-0.3, -0.25) is 0 Å². The van der Waals surface area contributed by atoms with Crippen molar-refractivity contribution >= 4 is 12.8 Å². The Kier molecular flexibility index (Phi) is 12.0. The van der Waals surface area contributed by atoms with Crippen LogP contribution >= 0.6 is 6.83 Å². The van der Waals surface area contributed by atoms with Gasteiger partial charge in [-0.2, -0.15) is 0 Å². The zero-order valence-electron chi connectivity index (χ0n) is 15.5. The van der Waals surface area contributed by atoms with Crippen LogP contribution in [0.15, 0.2) is 0 Å². The summed E-state index contributed by atoms with van der Waals surface area (Å²) < 4.78 is 26.8. The van der Waals surface area contributed by atoms with E-state index in [-0.39, 0.29) is 12.4 Å². The maximum absolute atomic E-state index is 12.2. The van der Waals surface area contributed by atoms with Crippen LogP contribution in [0.4, 0.5) is 0 Å². The number of rotatable bonds is 15. The molecule has 0 spiro atoms. The molecule has 0 rings (SSSR count). The van der Waals surface area contributed by atoms with E-state index in [1.807, 2.05) is 0 Å². The van der Waals surface area contributed by atoms with Gasteiger partial charge < -0.3 is 0 Å². The van der Waals surface area contributed by atoms with E-state index in [9.17, 15) is 4.79 Å². The van der Waals surface area contributed by atoms with E-state index in [1.54, 1.807) is 14.2 Å². The summed E-state index contributed by atoms with van der Waals surface area (Å²) in [5.74, 6) is -0.178. The molecule has 0 saturated heterocycles. The van der Waals surface area contributed by atoms with Gasteiger partial charge in [0.2, 0.25) is 0 Å². The summed E-state index contributed by atoms with van der Waals surface area (Å²) in [6.07, 6.45) is 2.80. The van der Waals surface area contributed by atoms with Gasteiger partial charge in [0, 0.05) is 0 Å². The van der Waals surface area contributed by atoms with Crippen molar-refractivity contribution in [1.82, 2.24) is 0 Å². The van der Waals surface area contributed by atoms with Gasteiger partial charge >= 0.3 is 140 Å². The minimum absolute atomic E-state index is 0.178. The summed E-state index contributed by atoms with van der Waals surface area (Å²) in [7, 11) is 3.27. The molecule has 0 N–H and O–H groups in total. The molecule has 0 aliphatic carbocycles. The van der Waals surface area contributed by atoms with Crippen molar-refractivity contribution in [3.63, 3.8) is 0 Å². The summed E-state index contributed by atoms with van der Waals surface area (Å²) in [5.41, 5.74) is 0. The van der Waals surface area contributed by atoms with Crippen LogP contribution in [-0.2, 0) is 28.3 Å². The second-order valence-electron chi connectivity index (χ2n) is 5.97. The molecule has 0 amide bonds. The molecule has 0 unspecified atom stereocenters. The first-order chi connectivity index (χ1) is 10.9. The Morgan fingerprint density at radius 3 is 1.83 bits per heavy atom. The van der Waals surface area contributed by atoms with Gasteiger partial charge in [0.05, 0.1) is 0 Å². The van der Waals surface area contributed by atoms with Gasteiger partial charge in [0.15, 0.2) is 0 Å². The van der Waals surface area contributed by atoms with Gasteiger partial charge in [0.25, 0.3) is 0 Å². The second kappa shape index (κ2) is 12.2. The number of carbonyl (C=O) groups excluding carboxylic acids is 1. The molecule has 6 nitrogen and oxygen atoms in total. The van der Waals surface area contributed by atoms with E-state index in [2.05, 4.69) is 20.5 Å². The Morgan fingerprint density at radius 2 is 1.35 bits per heavy atom. The van der Waals surface area contributed by atoms with Crippen LogP contribution < -0.4 is 0 Å². The van der Waals surface area contributed by atoms with Crippen LogP contribution in [0.3, 0.4) is 0 Å². The van der Waals surface area contributed by atoms with Crippen molar-refractivity contribution < 1.29 is 28.3 Å². The first-order valence-corrected chi connectivity index (χ1v) is 11.5. The van der Waals surface area contributed by atoms with Crippen LogP contribution in [-0.4, -0.2) is 85.0 Å². The number of ether oxygens (including phenoxy) is 4. The molecule has 0 aromatic rings. The minimum atomic E-state index is -2.52. The van der Waals surface area contributed by atoms with Crippen molar-refractivity contribution in [3.05, 3.63) is 0 Å². The van der Waals surface area contributed by atoms with E-state index in [0.717, 1.165) is 18.5 Å². The Balaban J connectivity index is 4.34. The molecule has 7 heteroatoms. The molecule has 23 heavy (non-hydrogen) atoms. The third kappa shape index (κ3) is 9.58. The summed E-state index contributed by atoms with van der Waals surface area (Å²) in [6.45, 7) is 6.94. The third-order valence-electron chi connectivity index (χ3n) is 4.35. The average Bonchev–Trinajstić information content (AvgIpc) is 2.55. The van der Waals surface area contributed by atoms with Crippen molar-refractivity contribution in [3.8, 4) is 0 Å².